The number of sulfone groups is 2. The van der Waals surface area contributed by atoms with E-state index in [9.17, 15) is 16.8 Å². The van der Waals surface area contributed by atoms with Gasteiger partial charge in [0.2, 0.25) is 0 Å². The monoisotopic (exact) mass is 338 g/mol. The van der Waals surface area contributed by atoms with E-state index in [0.717, 1.165) is 0 Å². The molecule has 0 amide bonds. The lowest BCUT2D eigenvalue weighted by Gasteiger charge is -2.14. The van der Waals surface area contributed by atoms with Gasteiger partial charge in [0.1, 0.15) is 0 Å². The van der Waals surface area contributed by atoms with Gasteiger partial charge in [-0.1, -0.05) is 0 Å². The lowest BCUT2D eigenvalue weighted by molar-refractivity contribution is 0.565. The molecule has 0 aliphatic carbocycles. The first-order valence-electron chi connectivity index (χ1n) is 5.47. The molecular formula is C9H18Cl2NO4S2. The number of alkyl halides is 2. The summed E-state index contributed by atoms with van der Waals surface area (Å²) in [6.07, 6.45) is 0.397. The highest BCUT2D eigenvalue weighted by Crippen LogP contribution is 2.11. The van der Waals surface area contributed by atoms with E-state index in [4.69, 9.17) is 28.9 Å². The summed E-state index contributed by atoms with van der Waals surface area (Å²) in [5, 5.41) is -0.831. The molecule has 0 bridgehead atoms. The summed E-state index contributed by atoms with van der Waals surface area (Å²) in [6.45, 7) is -0.269. The van der Waals surface area contributed by atoms with Crippen LogP contribution in [0.2, 0.25) is 0 Å². The molecule has 0 saturated heterocycles. The molecule has 0 fully saturated rings. The van der Waals surface area contributed by atoms with E-state index >= 15 is 0 Å². The van der Waals surface area contributed by atoms with Crippen LogP contribution in [0.4, 0.5) is 0 Å². The molecule has 1 N–H and O–H groups in total. The SMILES string of the molecule is [NH]CC(CCCS(=O)(=O)CCCl)S(=O)(=O)CCCl. The van der Waals surface area contributed by atoms with Crippen molar-refractivity contribution in [2.75, 3.05) is 35.6 Å². The van der Waals surface area contributed by atoms with Crippen molar-refractivity contribution in [3.63, 3.8) is 0 Å². The highest BCUT2D eigenvalue weighted by Gasteiger charge is 2.24. The van der Waals surface area contributed by atoms with Crippen LogP contribution >= 0.6 is 23.2 Å². The largest absolute Gasteiger partial charge is 0.257 e. The van der Waals surface area contributed by atoms with Gasteiger partial charge in [0.15, 0.2) is 19.7 Å². The summed E-state index contributed by atoms with van der Waals surface area (Å²) in [7, 11) is -6.60. The Morgan fingerprint density at radius 1 is 0.944 bits per heavy atom. The van der Waals surface area contributed by atoms with Gasteiger partial charge in [0, 0.05) is 18.3 Å². The molecule has 0 heterocycles. The Hall–Kier alpha value is 0.440. The summed E-state index contributed by atoms with van der Waals surface area (Å²) >= 11 is 10.7. The Morgan fingerprint density at radius 2 is 1.50 bits per heavy atom. The lowest BCUT2D eigenvalue weighted by Crippen LogP contribution is -2.29. The van der Waals surface area contributed by atoms with Crippen molar-refractivity contribution < 1.29 is 16.8 Å². The maximum absolute atomic E-state index is 11.7. The van der Waals surface area contributed by atoms with E-state index < -0.39 is 24.9 Å². The molecule has 0 aromatic rings. The maximum Gasteiger partial charge on any atom is 0.155 e. The minimum atomic E-state index is -3.39. The number of hydrogen-bond acceptors (Lipinski definition) is 4. The second-order valence-corrected chi connectivity index (χ2v) is 9.33. The average molecular weight is 339 g/mol. The van der Waals surface area contributed by atoms with Crippen molar-refractivity contribution in [3.05, 3.63) is 0 Å². The van der Waals surface area contributed by atoms with E-state index in [1.807, 2.05) is 0 Å². The smallest absolute Gasteiger partial charge is 0.155 e. The van der Waals surface area contributed by atoms with Crippen LogP contribution in [0.15, 0.2) is 0 Å². The fraction of sp³-hybridized carbons (Fsp3) is 1.00. The average Bonchev–Trinajstić information content (AvgIpc) is 2.23. The maximum atomic E-state index is 11.7. The number of nitrogens with one attached hydrogen (secondary N) is 1. The molecule has 0 rings (SSSR count). The molecule has 5 nitrogen and oxygen atoms in total. The van der Waals surface area contributed by atoms with Gasteiger partial charge in [0.25, 0.3) is 0 Å². The summed E-state index contributed by atoms with van der Waals surface area (Å²) in [5.74, 6) is -0.341. The summed E-state index contributed by atoms with van der Waals surface area (Å²) < 4.78 is 46.1. The van der Waals surface area contributed by atoms with Crippen molar-refractivity contribution in [1.82, 2.24) is 5.73 Å². The van der Waals surface area contributed by atoms with E-state index in [-0.39, 0.29) is 48.4 Å². The Labute approximate surface area is 119 Å². The second-order valence-electron chi connectivity index (χ2n) is 3.87. The first-order chi connectivity index (χ1) is 8.29. The molecule has 1 radical (unpaired) electrons. The minimum Gasteiger partial charge on any atom is -0.257 e. The third kappa shape index (κ3) is 7.13. The van der Waals surface area contributed by atoms with Gasteiger partial charge in [-0.2, -0.15) is 0 Å². The van der Waals surface area contributed by atoms with Gasteiger partial charge in [0.05, 0.1) is 22.5 Å². The van der Waals surface area contributed by atoms with Crippen molar-refractivity contribution >= 4 is 42.9 Å². The van der Waals surface area contributed by atoms with Crippen LogP contribution in [-0.2, 0) is 19.7 Å². The molecule has 1 unspecified atom stereocenters. The predicted molar refractivity (Wildman–Crippen MR) is 74.9 cm³/mol. The van der Waals surface area contributed by atoms with Crippen LogP contribution < -0.4 is 5.73 Å². The topological polar surface area (TPSA) is 92.1 Å². The standard InChI is InChI=1S/C9H18Cl2NO4S2/c10-3-6-17(13,14)5-1-2-9(8-12)18(15,16)7-4-11/h9,12H,1-8H2. The molecule has 0 aliphatic heterocycles. The number of rotatable bonds is 10. The molecule has 0 aliphatic rings. The molecule has 1 atom stereocenters. The number of hydrogen-bond donors (Lipinski definition) is 0. The van der Waals surface area contributed by atoms with Gasteiger partial charge in [-0.05, 0) is 12.8 Å². The fourth-order valence-corrected chi connectivity index (χ4v) is 5.16. The zero-order valence-electron chi connectivity index (χ0n) is 9.94. The zero-order valence-corrected chi connectivity index (χ0v) is 13.1. The second kappa shape index (κ2) is 8.58. The van der Waals surface area contributed by atoms with Crippen LogP contribution in [-0.4, -0.2) is 57.6 Å². The Morgan fingerprint density at radius 3 is 1.94 bits per heavy atom. The zero-order chi connectivity index (χ0) is 14.2. The van der Waals surface area contributed by atoms with Crippen molar-refractivity contribution in [1.29, 1.82) is 0 Å². The van der Waals surface area contributed by atoms with E-state index in [1.165, 1.54) is 0 Å². The van der Waals surface area contributed by atoms with Crippen molar-refractivity contribution in [2.24, 2.45) is 0 Å². The first kappa shape index (κ1) is 18.4. The minimum absolute atomic E-state index is 0.0105. The third-order valence-electron chi connectivity index (χ3n) is 2.47. The Kier molecular flexibility index (Phi) is 8.79. The summed E-state index contributed by atoms with van der Waals surface area (Å²) in [6, 6.07) is 0. The van der Waals surface area contributed by atoms with Crippen LogP contribution in [0.5, 0.6) is 0 Å². The normalized spacial score (nSPS) is 14.6. The quantitative estimate of drug-likeness (QED) is 0.549. The summed E-state index contributed by atoms with van der Waals surface area (Å²) in [5.41, 5.74) is 7.22. The van der Waals surface area contributed by atoms with E-state index in [1.54, 1.807) is 0 Å². The van der Waals surface area contributed by atoms with Crippen LogP contribution in [0.1, 0.15) is 12.8 Å². The van der Waals surface area contributed by atoms with Gasteiger partial charge in [-0.15, -0.1) is 23.2 Å². The van der Waals surface area contributed by atoms with Crippen LogP contribution in [0.25, 0.3) is 0 Å². The molecular weight excluding hydrogens is 321 g/mol. The highest BCUT2D eigenvalue weighted by atomic mass is 35.5. The first-order valence-corrected chi connectivity index (χ1v) is 10.1. The lowest BCUT2D eigenvalue weighted by atomic mass is 10.2. The number of halogens is 2. The highest BCUT2D eigenvalue weighted by molar-refractivity contribution is 7.92. The van der Waals surface area contributed by atoms with Crippen LogP contribution in [0.3, 0.4) is 0 Å². The molecule has 0 spiro atoms. The predicted octanol–water partition coefficient (Wildman–Crippen LogP) is 0.725. The van der Waals surface area contributed by atoms with E-state index in [0.29, 0.717) is 0 Å². The van der Waals surface area contributed by atoms with Gasteiger partial charge < -0.3 is 0 Å². The fourth-order valence-electron chi connectivity index (χ4n) is 1.43. The molecule has 109 valence electrons. The van der Waals surface area contributed by atoms with Crippen molar-refractivity contribution in [3.8, 4) is 0 Å². The molecule has 9 heteroatoms. The van der Waals surface area contributed by atoms with E-state index in [2.05, 4.69) is 0 Å². The van der Waals surface area contributed by atoms with Gasteiger partial charge >= 0.3 is 0 Å². The Balaban J connectivity index is 4.34. The van der Waals surface area contributed by atoms with Crippen molar-refractivity contribution in [2.45, 2.75) is 18.1 Å². The van der Waals surface area contributed by atoms with Gasteiger partial charge in [-0.25, -0.2) is 16.8 Å². The van der Waals surface area contributed by atoms with Gasteiger partial charge in [-0.3, -0.25) is 5.73 Å². The molecule has 0 aromatic heterocycles. The third-order valence-corrected chi connectivity index (χ3v) is 7.22. The Bertz CT molecular complexity index is 422. The van der Waals surface area contributed by atoms with Crippen LogP contribution in [0, 0.1) is 0 Å². The molecule has 0 aromatic carbocycles. The summed E-state index contributed by atoms with van der Waals surface area (Å²) in [4.78, 5) is 0. The molecule has 0 saturated carbocycles. The molecule has 18 heavy (non-hydrogen) atoms.